The third kappa shape index (κ3) is 2.94. The van der Waals surface area contributed by atoms with Crippen molar-refractivity contribution in [3.05, 3.63) is 28.8 Å². The van der Waals surface area contributed by atoms with Gasteiger partial charge in [0.1, 0.15) is 11.5 Å². The number of benzene rings is 1. The van der Waals surface area contributed by atoms with Gasteiger partial charge in [0.25, 0.3) is 0 Å². The average Bonchev–Trinajstić information content (AvgIpc) is 2.70. The highest BCUT2D eigenvalue weighted by atomic mass is 16.3. The predicted molar refractivity (Wildman–Crippen MR) is 117 cm³/mol. The summed E-state index contributed by atoms with van der Waals surface area (Å²) in [6.45, 7) is 0. The van der Waals surface area contributed by atoms with Crippen LogP contribution in [0.1, 0.15) is 17.5 Å². The molecule has 5 atom stereocenters. The zero-order valence-corrected chi connectivity index (χ0v) is 18.8. The average molecular weight is 457 g/mol. The van der Waals surface area contributed by atoms with Gasteiger partial charge in [0.05, 0.1) is 11.6 Å². The van der Waals surface area contributed by atoms with Gasteiger partial charge >= 0.3 is 0 Å². The van der Waals surface area contributed by atoms with Gasteiger partial charge in [-0.2, -0.15) is 0 Å². The number of phenolic OH excluding ortho intramolecular Hbond substituents is 1. The number of anilines is 1. The number of primary amides is 1. The van der Waals surface area contributed by atoms with E-state index in [1.54, 1.807) is 34.3 Å². The smallest absolute Gasteiger partial charge is 0.235 e. The first kappa shape index (κ1) is 22.9. The first-order valence-corrected chi connectivity index (χ1v) is 10.6. The molecule has 0 aliphatic heterocycles. The van der Waals surface area contributed by atoms with Crippen LogP contribution in [0, 0.1) is 17.8 Å². The lowest BCUT2D eigenvalue weighted by Crippen LogP contribution is -2.72. The molecular weight excluding hydrogens is 430 g/mol. The lowest BCUT2D eigenvalue weighted by molar-refractivity contribution is -0.175. The van der Waals surface area contributed by atoms with Gasteiger partial charge in [-0.15, -0.1) is 0 Å². The van der Waals surface area contributed by atoms with Gasteiger partial charge in [0.15, 0.2) is 23.1 Å². The maximum Gasteiger partial charge on any atom is 0.235 e. The first-order chi connectivity index (χ1) is 15.3. The molecule has 1 aromatic carbocycles. The molecule has 0 saturated heterocycles. The van der Waals surface area contributed by atoms with Gasteiger partial charge < -0.3 is 26.0 Å². The second-order valence-electron chi connectivity index (χ2n) is 9.46. The lowest BCUT2D eigenvalue weighted by atomic mass is 9.55. The number of Topliss-reactive ketones (excluding diaryl/α,β-unsaturated/α-hetero) is 3. The molecule has 176 valence electrons. The van der Waals surface area contributed by atoms with Gasteiger partial charge in [-0.05, 0) is 50.6 Å². The molecular formula is C23H27N3O7. The van der Waals surface area contributed by atoms with Crippen LogP contribution in [0.4, 0.5) is 5.69 Å². The van der Waals surface area contributed by atoms with E-state index in [0.717, 1.165) is 5.69 Å². The van der Waals surface area contributed by atoms with Crippen LogP contribution >= 0.6 is 0 Å². The standard InChI is InChI=1S/C23H27N3O7/c1-25(2)12-5-6-13(27)15-10(12)7-9-8-11-17(26(3)4)19(29)16(22(24)32)21(31)23(11,33)20(30)14(9)18(15)28/h5-6,9,11,16-17,27-28,33H,7-8H2,1-4H3,(H2,24,32). The molecule has 0 radical (unpaired) electrons. The minimum atomic E-state index is -2.70. The summed E-state index contributed by atoms with van der Waals surface area (Å²) < 4.78 is 0. The first-order valence-electron chi connectivity index (χ1n) is 10.6. The third-order valence-corrected chi connectivity index (χ3v) is 7.20. The van der Waals surface area contributed by atoms with E-state index >= 15 is 0 Å². The molecule has 0 bridgehead atoms. The van der Waals surface area contributed by atoms with E-state index in [9.17, 15) is 34.5 Å². The van der Waals surface area contributed by atoms with E-state index in [4.69, 9.17) is 5.73 Å². The minimum Gasteiger partial charge on any atom is -0.507 e. The van der Waals surface area contributed by atoms with E-state index in [2.05, 4.69) is 0 Å². The fourth-order valence-electron chi connectivity index (χ4n) is 5.79. The molecule has 0 heterocycles. The van der Waals surface area contributed by atoms with Crippen LogP contribution in [0.2, 0.25) is 0 Å². The number of phenols is 1. The molecule has 5 unspecified atom stereocenters. The lowest BCUT2D eigenvalue weighted by Gasteiger charge is -2.51. The Morgan fingerprint density at radius 1 is 1.12 bits per heavy atom. The maximum absolute atomic E-state index is 13.7. The quantitative estimate of drug-likeness (QED) is 0.434. The van der Waals surface area contributed by atoms with Crippen LogP contribution in [-0.2, 0) is 25.6 Å². The van der Waals surface area contributed by atoms with Gasteiger partial charge in [-0.1, -0.05) is 0 Å². The third-order valence-electron chi connectivity index (χ3n) is 7.20. The van der Waals surface area contributed by atoms with E-state index < -0.39 is 58.4 Å². The fraction of sp³-hybridized carbons (Fsp3) is 0.478. The number of hydrogen-bond donors (Lipinski definition) is 4. The van der Waals surface area contributed by atoms with Crippen molar-refractivity contribution in [3.63, 3.8) is 0 Å². The van der Waals surface area contributed by atoms with Crippen LogP contribution in [0.3, 0.4) is 0 Å². The summed E-state index contributed by atoms with van der Waals surface area (Å²) in [6, 6.07) is 1.99. The van der Waals surface area contributed by atoms with E-state index in [0.29, 0.717) is 5.56 Å². The molecule has 1 aromatic rings. The number of amides is 1. The molecule has 10 nitrogen and oxygen atoms in total. The van der Waals surface area contributed by atoms with E-state index in [1.807, 2.05) is 4.90 Å². The second kappa shape index (κ2) is 7.39. The number of aliphatic hydroxyl groups excluding tert-OH is 1. The van der Waals surface area contributed by atoms with Crippen molar-refractivity contribution >= 4 is 34.7 Å². The number of ketones is 3. The second-order valence-corrected chi connectivity index (χ2v) is 9.46. The molecule has 3 aliphatic carbocycles. The molecule has 0 aromatic heterocycles. The number of nitrogens with two attached hydrogens (primary N) is 1. The minimum absolute atomic E-state index is 0.0371. The van der Waals surface area contributed by atoms with Gasteiger partial charge in [0, 0.05) is 31.3 Å². The molecule has 0 spiro atoms. The number of hydrogen-bond acceptors (Lipinski definition) is 9. The Hall–Kier alpha value is -3.24. The van der Waals surface area contributed by atoms with Crippen molar-refractivity contribution in [1.29, 1.82) is 0 Å². The van der Waals surface area contributed by atoms with Gasteiger partial charge in [0.2, 0.25) is 11.7 Å². The molecule has 1 amide bonds. The zero-order valence-electron chi connectivity index (χ0n) is 18.8. The molecule has 2 saturated carbocycles. The highest BCUT2D eigenvalue weighted by molar-refractivity contribution is 6.32. The Labute approximate surface area is 190 Å². The number of carbonyl (C=O) groups is 4. The van der Waals surface area contributed by atoms with Gasteiger partial charge in [-0.25, -0.2) is 0 Å². The molecule has 3 aliphatic rings. The molecule has 10 heteroatoms. The summed E-state index contributed by atoms with van der Waals surface area (Å²) in [5, 5.41) is 33.1. The molecule has 2 fully saturated rings. The highest BCUT2D eigenvalue weighted by Crippen LogP contribution is 2.52. The normalized spacial score (nSPS) is 31.3. The van der Waals surface area contributed by atoms with Crippen LogP contribution in [-0.4, -0.2) is 83.3 Å². The van der Waals surface area contributed by atoms with Crippen LogP contribution in [0.15, 0.2) is 17.7 Å². The Balaban J connectivity index is 1.95. The van der Waals surface area contributed by atoms with E-state index in [1.165, 1.54) is 11.0 Å². The Morgan fingerprint density at radius 2 is 1.76 bits per heavy atom. The van der Waals surface area contributed by atoms with Crippen molar-refractivity contribution in [2.45, 2.75) is 24.5 Å². The number of carbonyl (C=O) groups excluding carboxylic acids is 4. The summed E-state index contributed by atoms with van der Waals surface area (Å²) in [6.07, 6.45) is 0.284. The Bertz CT molecular complexity index is 1140. The Morgan fingerprint density at radius 3 is 2.30 bits per heavy atom. The van der Waals surface area contributed by atoms with Crippen molar-refractivity contribution < 1.29 is 34.5 Å². The number of aliphatic hydroxyl groups is 2. The SMILES string of the molecule is CN(C)c1ccc(O)c2c1CC1CC3C(N(C)C)C(=O)C(C(N)=O)C(=O)C3(O)C(=O)C1=C2O. The van der Waals surface area contributed by atoms with Crippen molar-refractivity contribution in [2.24, 2.45) is 23.5 Å². The summed E-state index contributed by atoms with van der Waals surface area (Å²) in [4.78, 5) is 55.1. The largest absolute Gasteiger partial charge is 0.507 e. The number of aromatic hydroxyl groups is 1. The molecule has 4 rings (SSSR count). The summed E-state index contributed by atoms with van der Waals surface area (Å²) in [5.41, 5.74) is 3.84. The number of nitrogens with zero attached hydrogens (tertiary/aromatic N) is 2. The van der Waals surface area contributed by atoms with Crippen LogP contribution < -0.4 is 10.6 Å². The van der Waals surface area contributed by atoms with Gasteiger partial charge in [-0.3, -0.25) is 24.1 Å². The van der Waals surface area contributed by atoms with E-state index in [-0.39, 0.29) is 29.7 Å². The van der Waals surface area contributed by atoms with Crippen LogP contribution in [0.25, 0.3) is 5.76 Å². The Kier molecular flexibility index (Phi) is 5.14. The molecule has 5 N–H and O–H groups in total. The van der Waals surface area contributed by atoms with Crippen molar-refractivity contribution in [3.8, 4) is 5.75 Å². The number of fused-ring (bicyclic) bond motifs is 3. The molecule has 33 heavy (non-hydrogen) atoms. The van der Waals surface area contributed by atoms with Crippen molar-refractivity contribution in [2.75, 3.05) is 33.1 Å². The number of likely N-dealkylation sites (N-methyl/N-ethyl adjacent to an activating group) is 1. The highest BCUT2D eigenvalue weighted by Gasteiger charge is 2.67. The monoisotopic (exact) mass is 457 g/mol. The summed E-state index contributed by atoms with van der Waals surface area (Å²) >= 11 is 0. The zero-order chi connectivity index (χ0) is 24.6. The number of rotatable bonds is 3. The fourth-order valence-corrected chi connectivity index (χ4v) is 5.79. The maximum atomic E-state index is 13.7. The van der Waals surface area contributed by atoms with Crippen molar-refractivity contribution in [1.82, 2.24) is 4.90 Å². The topological polar surface area (TPSA) is 161 Å². The van der Waals surface area contributed by atoms with Crippen LogP contribution in [0.5, 0.6) is 5.75 Å². The predicted octanol–water partition coefficient (Wildman–Crippen LogP) is -0.597. The summed E-state index contributed by atoms with van der Waals surface area (Å²) in [7, 11) is 6.72. The summed E-state index contributed by atoms with van der Waals surface area (Å²) in [5.74, 6) is -8.76.